The van der Waals surface area contributed by atoms with Gasteiger partial charge in [-0.2, -0.15) is 0 Å². The summed E-state index contributed by atoms with van der Waals surface area (Å²) in [5.74, 6) is 1.19. The highest BCUT2D eigenvalue weighted by molar-refractivity contribution is 5.96. The second-order valence-corrected chi connectivity index (χ2v) is 7.92. The molecule has 1 fully saturated rings. The lowest BCUT2D eigenvalue weighted by molar-refractivity contribution is 0.0933. The molecule has 4 N–H and O–H groups in total. The molecule has 166 valence electrons. The second-order valence-electron chi connectivity index (χ2n) is 7.92. The van der Waals surface area contributed by atoms with E-state index in [1.54, 1.807) is 0 Å². The molecule has 0 unspecified atom stereocenters. The summed E-state index contributed by atoms with van der Waals surface area (Å²) in [6.45, 7) is 7.69. The Morgan fingerprint density at radius 2 is 1.90 bits per heavy atom. The minimum absolute atomic E-state index is 0. The number of benzene rings is 1. The average molecular weight is 455 g/mol. The molecule has 0 bridgehead atoms. The highest BCUT2D eigenvalue weighted by Crippen LogP contribution is 2.28. The molecular formula is C21H32Cl2N6O. The highest BCUT2D eigenvalue weighted by Gasteiger charge is 2.26. The zero-order valence-corrected chi connectivity index (χ0v) is 19.6. The quantitative estimate of drug-likeness (QED) is 0.467. The summed E-state index contributed by atoms with van der Waals surface area (Å²) in [4.78, 5) is 26.2. The predicted octanol–water partition coefficient (Wildman–Crippen LogP) is 4.02. The molecule has 2 atom stereocenters. The number of halogens is 2. The van der Waals surface area contributed by atoms with Crippen molar-refractivity contribution in [3.8, 4) is 0 Å². The molecule has 0 aliphatic heterocycles. The van der Waals surface area contributed by atoms with E-state index in [4.69, 9.17) is 5.73 Å². The van der Waals surface area contributed by atoms with Gasteiger partial charge in [-0.3, -0.25) is 9.79 Å². The van der Waals surface area contributed by atoms with Crippen LogP contribution in [0.3, 0.4) is 0 Å². The van der Waals surface area contributed by atoms with Gasteiger partial charge in [-0.1, -0.05) is 24.5 Å². The first-order valence-electron chi connectivity index (χ1n) is 9.99. The number of carbonyl (C=O) groups is 1. The number of rotatable bonds is 5. The molecule has 7 nitrogen and oxygen atoms in total. The fourth-order valence-electron chi connectivity index (χ4n) is 3.65. The Hall–Kier alpha value is -2.12. The number of carbonyl (C=O) groups excluding carboxylic acids is 1. The number of aromatic nitrogens is 2. The molecular weight excluding hydrogens is 423 g/mol. The maximum atomic E-state index is 12.5. The molecule has 0 saturated heterocycles. The van der Waals surface area contributed by atoms with Crippen LogP contribution in [-0.2, 0) is 0 Å². The molecule has 9 heteroatoms. The molecule has 0 spiro atoms. The third kappa shape index (κ3) is 6.44. The molecule has 0 radical (unpaired) electrons. The van der Waals surface area contributed by atoms with Gasteiger partial charge in [-0.05, 0) is 52.7 Å². The number of nitrogens with zero attached hydrogens (tertiary/aromatic N) is 3. The normalized spacial score (nSPS) is 19.0. The number of fused-ring (bicyclic) bond motifs is 1. The van der Waals surface area contributed by atoms with Crippen molar-refractivity contribution < 1.29 is 4.79 Å². The Balaban J connectivity index is 0.00000225. The number of nitrogens with one attached hydrogen (secondary N) is 2. The van der Waals surface area contributed by atoms with Crippen molar-refractivity contribution in [2.75, 3.05) is 5.32 Å². The van der Waals surface area contributed by atoms with E-state index in [-0.39, 0.29) is 54.7 Å². The van der Waals surface area contributed by atoms with Crippen molar-refractivity contribution >= 4 is 53.3 Å². The van der Waals surface area contributed by atoms with E-state index < -0.39 is 0 Å². The molecule has 3 rings (SSSR count). The summed E-state index contributed by atoms with van der Waals surface area (Å²) in [6.07, 6.45) is 4.27. The van der Waals surface area contributed by atoms with E-state index in [0.29, 0.717) is 11.7 Å². The van der Waals surface area contributed by atoms with Gasteiger partial charge in [0.1, 0.15) is 5.82 Å². The van der Waals surface area contributed by atoms with Crippen LogP contribution in [0, 0.1) is 6.92 Å². The monoisotopic (exact) mass is 454 g/mol. The van der Waals surface area contributed by atoms with E-state index >= 15 is 0 Å². The summed E-state index contributed by atoms with van der Waals surface area (Å²) in [7, 11) is 0. The van der Waals surface area contributed by atoms with Crippen molar-refractivity contribution in [3.63, 3.8) is 0 Å². The molecule has 2 aromatic rings. The third-order valence-electron chi connectivity index (χ3n) is 4.90. The number of nitrogens with two attached hydrogens (primary N) is 1. The van der Waals surface area contributed by atoms with E-state index in [1.165, 1.54) is 0 Å². The van der Waals surface area contributed by atoms with Gasteiger partial charge < -0.3 is 16.4 Å². The standard InChI is InChI=1S/C21H30N6O.2ClH/c1-12(2)23-21(28)20-25-16-10-9-13(3)11-15(16)19(27-20)26-18-8-6-5-7-17(18)24-14(4)22;;/h9-12,17-18H,5-8H2,1-4H3,(H2,22,24)(H,23,28)(H,25,26,27);2*1H/t17-,18+;;/m1../s1. The Bertz CT molecular complexity index is 898. The molecule has 1 aromatic heterocycles. The first kappa shape index (κ1) is 25.9. The number of hydrogen-bond donors (Lipinski definition) is 3. The van der Waals surface area contributed by atoms with Crippen molar-refractivity contribution in [1.82, 2.24) is 15.3 Å². The van der Waals surface area contributed by atoms with E-state index in [9.17, 15) is 4.79 Å². The molecule has 1 heterocycles. The van der Waals surface area contributed by atoms with Gasteiger partial charge in [0.15, 0.2) is 0 Å². The average Bonchev–Trinajstić information content (AvgIpc) is 2.62. The summed E-state index contributed by atoms with van der Waals surface area (Å²) in [6, 6.07) is 6.25. The van der Waals surface area contributed by atoms with Crippen LogP contribution in [0.4, 0.5) is 5.82 Å². The van der Waals surface area contributed by atoms with Crippen LogP contribution >= 0.6 is 24.8 Å². The van der Waals surface area contributed by atoms with Crippen LogP contribution in [0.15, 0.2) is 23.2 Å². The van der Waals surface area contributed by atoms with Crippen LogP contribution in [0.5, 0.6) is 0 Å². The largest absolute Gasteiger partial charge is 0.388 e. The summed E-state index contributed by atoms with van der Waals surface area (Å²) >= 11 is 0. The number of hydrogen-bond acceptors (Lipinski definition) is 5. The van der Waals surface area contributed by atoms with Gasteiger partial charge in [0.2, 0.25) is 5.82 Å². The van der Waals surface area contributed by atoms with Gasteiger partial charge in [0.05, 0.1) is 17.4 Å². The van der Waals surface area contributed by atoms with Crippen LogP contribution in [-0.4, -0.2) is 39.8 Å². The smallest absolute Gasteiger partial charge is 0.289 e. The summed E-state index contributed by atoms with van der Waals surface area (Å²) in [5, 5.41) is 7.35. The topological polar surface area (TPSA) is 105 Å². The molecule has 1 amide bonds. The van der Waals surface area contributed by atoms with E-state index in [1.807, 2.05) is 39.8 Å². The molecule has 1 aliphatic carbocycles. The van der Waals surface area contributed by atoms with Crippen molar-refractivity contribution in [1.29, 1.82) is 0 Å². The van der Waals surface area contributed by atoms with Crippen LogP contribution < -0.4 is 16.4 Å². The minimum atomic E-state index is -0.267. The number of amidine groups is 1. The third-order valence-corrected chi connectivity index (χ3v) is 4.90. The minimum Gasteiger partial charge on any atom is -0.388 e. The van der Waals surface area contributed by atoms with Gasteiger partial charge in [-0.15, -0.1) is 24.8 Å². The number of aryl methyl sites for hydroxylation is 1. The van der Waals surface area contributed by atoms with Gasteiger partial charge >= 0.3 is 0 Å². The number of anilines is 1. The van der Waals surface area contributed by atoms with Crippen molar-refractivity contribution in [3.05, 3.63) is 29.6 Å². The SMILES string of the molecule is CC(N)=N[C@@H]1CCCC[C@@H]1Nc1nc(C(=O)NC(C)C)nc2ccc(C)cc12.Cl.Cl. The van der Waals surface area contributed by atoms with E-state index in [2.05, 4.69) is 31.7 Å². The maximum absolute atomic E-state index is 12.5. The predicted molar refractivity (Wildman–Crippen MR) is 128 cm³/mol. The number of amides is 1. The maximum Gasteiger partial charge on any atom is 0.289 e. The van der Waals surface area contributed by atoms with Gasteiger partial charge in [0.25, 0.3) is 5.91 Å². The zero-order chi connectivity index (χ0) is 20.3. The first-order valence-corrected chi connectivity index (χ1v) is 9.99. The fourth-order valence-corrected chi connectivity index (χ4v) is 3.65. The molecule has 1 aliphatic rings. The number of aliphatic imine (C=N–C) groups is 1. The Labute approximate surface area is 190 Å². The molecule has 1 aromatic carbocycles. The Morgan fingerprint density at radius 3 is 2.57 bits per heavy atom. The van der Waals surface area contributed by atoms with Gasteiger partial charge in [-0.25, -0.2) is 9.97 Å². The lowest BCUT2D eigenvalue weighted by Crippen LogP contribution is -2.37. The van der Waals surface area contributed by atoms with Gasteiger partial charge in [0, 0.05) is 17.5 Å². The van der Waals surface area contributed by atoms with Crippen LogP contribution in [0.2, 0.25) is 0 Å². The molecule has 30 heavy (non-hydrogen) atoms. The van der Waals surface area contributed by atoms with E-state index in [0.717, 1.165) is 42.1 Å². The van der Waals surface area contributed by atoms with Crippen molar-refractivity contribution in [2.45, 2.75) is 71.5 Å². The van der Waals surface area contributed by atoms with Crippen LogP contribution in [0.1, 0.15) is 62.6 Å². The first-order chi connectivity index (χ1) is 13.3. The zero-order valence-electron chi connectivity index (χ0n) is 17.9. The van der Waals surface area contributed by atoms with Crippen LogP contribution in [0.25, 0.3) is 10.9 Å². The lowest BCUT2D eigenvalue weighted by Gasteiger charge is -2.30. The highest BCUT2D eigenvalue weighted by atomic mass is 35.5. The lowest BCUT2D eigenvalue weighted by atomic mass is 9.90. The summed E-state index contributed by atoms with van der Waals surface area (Å²) in [5.41, 5.74) is 7.72. The fraction of sp³-hybridized carbons (Fsp3) is 0.524. The Morgan fingerprint density at radius 1 is 1.20 bits per heavy atom. The Kier molecular flexibility index (Phi) is 9.78. The molecule has 1 saturated carbocycles. The second kappa shape index (κ2) is 11.3. The van der Waals surface area contributed by atoms with Crippen molar-refractivity contribution in [2.24, 2.45) is 10.7 Å². The summed E-state index contributed by atoms with van der Waals surface area (Å²) < 4.78 is 0.